The fourth-order valence-corrected chi connectivity index (χ4v) is 3.16. The van der Waals surface area contributed by atoms with Crippen LogP contribution < -0.4 is 0 Å². The van der Waals surface area contributed by atoms with Crippen LogP contribution in [-0.2, 0) is 0 Å². The SMILES string of the molecule is CCCCS/C=C/[Si](C)(C)C. The van der Waals surface area contributed by atoms with Crippen molar-refractivity contribution in [3.05, 3.63) is 11.1 Å². The first kappa shape index (κ1) is 11.3. The Labute approximate surface area is 76.5 Å². The van der Waals surface area contributed by atoms with Crippen LogP contribution in [0, 0.1) is 0 Å². The Morgan fingerprint density at radius 1 is 1.27 bits per heavy atom. The van der Waals surface area contributed by atoms with Gasteiger partial charge in [-0.2, -0.15) is 0 Å². The summed E-state index contributed by atoms with van der Waals surface area (Å²) < 4.78 is 0. The van der Waals surface area contributed by atoms with Gasteiger partial charge in [-0.3, -0.25) is 0 Å². The summed E-state index contributed by atoms with van der Waals surface area (Å²) in [5, 5.41) is 2.29. The molecule has 0 aromatic carbocycles. The predicted octanol–water partition coefficient (Wildman–Crippen LogP) is 3.91. The van der Waals surface area contributed by atoms with Crippen molar-refractivity contribution < 1.29 is 0 Å². The van der Waals surface area contributed by atoms with E-state index in [0.717, 1.165) is 0 Å². The average molecular weight is 188 g/mol. The maximum absolute atomic E-state index is 2.41. The van der Waals surface area contributed by atoms with Gasteiger partial charge in [0.15, 0.2) is 0 Å². The Balaban J connectivity index is 3.30. The normalized spacial score (nSPS) is 12.7. The minimum atomic E-state index is -0.919. The maximum atomic E-state index is 2.41. The van der Waals surface area contributed by atoms with Crippen LogP contribution in [0.5, 0.6) is 0 Å². The molecule has 66 valence electrons. The summed E-state index contributed by atoms with van der Waals surface area (Å²) >= 11 is 1.96. The molecule has 0 bridgehead atoms. The Hall–Kier alpha value is 0.307. The molecule has 0 aromatic heterocycles. The van der Waals surface area contributed by atoms with Gasteiger partial charge < -0.3 is 0 Å². The molecule has 0 fully saturated rings. The molecule has 0 saturated carbocycles. The Morgan fingerprint density at radius 2 is 1.91 bits per heavy atom. The molecule has 2 heteroatoms. The van der Waals surface area contributed by atoms with E-state index in [4.69, 9.17) is 0 Å². The van der Waals surface area contributed by atoms with Crippen LogP contribution in [0.3, 0.4) is 0 Å². The van der Waals surface area contributed by atoms with Gasteiger partial charge in [-0.25, -0.2) is 0 Å². The van der Waals surface area contributed by atoms with Crippen LogP contribution in [0.25, 0.3) is 0 Å². The number of hydrogen-bond acceptors (Lipinski definition) is 1. The first-order valence-corrected chi connectivity index (χ1v) is 8.98. The van der Waals surface area contributed by atoms with Crippen molar-refractivity contribution in [2.45, 2.75) is 39.4 Å². The molecule has 0 spiro atoms. The Bertz CT molecular complexity index is 113. The van der Waals surface area contributed by atoms with Gasteiger partial charge in [-0.05, 0) is 17.6 Å². The lowest BCUT2D eigenvalue weighted by atomic mass is 10.4. The first-order valence-electron chi connectivity index (χ1n) is 4.35. The standard InChI is InChI=1S/C9H20SSi/c1-5-6-7-10-8-9-11(2,3)4/h8-9H,5-7H2,1-4H3/b9-8+. The van der Waals surface area contributed by atoms with Gasteiger partial charge >= 0.3 is 0 Å². The number of hydrogen-bond donors (Lipinski definition) is 0. The van der Waals surface area contributed by atoms with Gasteiger partial charge in [0, 0.05) is 0 Å². The third-order valence-corrected chi connectivity index (χ3v) is 3.54. The fraction of sp³-hybridized carbons (Fsp3) is 0.778. The fourth-order valence-electron chi connectivity index (χ4n) is 0.548. The summed E-state index contributed by atoms with van der Waals surface area (Å²) in [5.41, 5.74) is 2.41. The van der Waals surface area contributed by atoms with E-state index >= 15 is 0 Å². The average Bonchev–Trinajstić information content (AvgIpc) is 1.85. The third kappa shape index (κ3) is 10.3. The molecule has 0 atom stereocenters. The molecule has 0 heterocycles. The summed E-state index contributed by atoms with van der Waals surface area (Å²) in [6.45, 7) is 9.33. The van der Waals surface area contributed by atoms with E-state index in [1.807, 2.05) is 11.8 Å². The van der Waals surface area contributed by atoms with E-state index in [2.05, 4.69) is 37.7 Å². The molecule has 0 radical (unpaired) electrons. The highest BCUT2D eigenvalue weighted by Gasteiger charge is 2.05. The molecule has 0 nitrogen and oxygen atoms in total. The third-order valence-electron chi connectivity index (χ3n) is 1.28. The Morgan fingerprint density at radius 3 is 2.36 bits per heavy atom. The van der Waals surface area contributed by atoms with Crippen molar-refractivity contribution in [1.82, 2.24) is 0 Å². The van der Waals surface area contributed by atoms with E-state index in [-0.39, 0.29) is 0 Å². The predicted molar refractivity (Wildman–Crippen MR) is 59.9 cm³/mol. The number of unbranched alkanes of at least 4 members (excludes halogenated alkanes) is 1. The largest absolute Gasteiger partial charge is 0.135 e. The van der Waals surface area contributed by atoms with Gasteiger partial charge in [-0.1, -0.05) is 38.7 Å². The second-order valence-corrected chi connectivity index (χ2v) is 9.97. The molecule has 0 amide bonds. The molecule has 0 rings (SSSR count). The molecule has 0 aliphatic heterocycles. The van der Waals surface area contributed by atoms with Gasteiger partial charge in [0.25, 0.3) is 0 Å². The smallest absolute Gasteiger partial charge is 0.0693 e. The van der Waals surface area contributed by atoms with Crippen LogP contribution in [0.1, 0.15) is 19.8 Å². The molecule has 0 aliphatic rings. The summed E-state index contributed by atoms with van der Waals surface area (Å²) in [6.07, 6.45) is 2.66. The summed E-state index contributed by atoms with van der Waals surface area (Å²) in [7, 11) is -0.919. The lowest BCUT2D eigenvalue weighted by Gasteiger charge is -2.07. The van der Waals surface area contributed by atoms with Crippen molar-refractivity contribution >= 4 is 19.8 Å². The highest BCUT2D eigenvalue weighted by Crippen LogP contribution is 2.10. The van der Waals surface area contributed by atoms with Crippen molar-refractivity contribution in [1.29, 1.82) is 0 Å². The first-order chi connectivity index (χ1) is 5.06. The van der Waals surface area contributed by atoms with E-state index in [9.17, 15) is 0 Å². The molecular weight excluding hydrogens is 168 g/mol. The molecule has 0 unspecified atom stereocenters. The number of rotatable bonds is 5. The highest BCUT2D eigenvalue weighted by molar-refractivity contribution is 8.02. The van der Waals surface area contributed by atoms with Crippen LogP contribution in [0.2, 0.25) is 19.6 Å². The minimum absolute atomic E-state index is 0.919. The van der Waals surface area contributed by atoms with Gasteiger partial charge in [0.2, 0.25) is 0 Å². The van der Waals surface area contributed by atoms with Crippen LogP contribution >= 0.6 is 11.8 Å². The van der Waals surface area contributed by atoms with Crippen LogP contribution in [0.4, 0.5) is 0 Å². The van der Waals surface area contributed by atoms with Crippen LogP contribution in [0.15, 0.2) is 11.1 Å². The lowest BCUT2D eigenvalue weighted by Crippen LogP contribution is -2.14. The Kier molecular flexibility index (Phi) is 6.06. The second-order valence-electron chi connectivity index (χ2n) is 3.89. The van der Waals surface area contributed by atoms with E-state index in [0.29, 0.717) is 0 Å². The van der Waals surface area contributed by atoms with Crippen molar-refractivity contribution in [2.24, 2.45) is 0 Å². The summed E-state index contributed by atoms with van der Waals surface area (Å²) in [5.74, 6) is 1.29. The lowest BCUT2D eigenvalue weighted by molar-refractivity contribution is 0.898. The van der Waals surface area contributed by atoms with Gasteiger partial charge in [-0.15, -0.1) is 11.8 Å². The highest BCUT2D eigenvalue weighted by atomic mass is 32.2. The zero-order valence-electron chi connectivity index (χ0n) is 8.18. The van der Waals surface area contributed by atoms with E-state index in [1.165, 1.54) is 18.6 Å². The molecule has 0 N–H and O–H groups in total. The second kappa shape index (κ2) is 5.89. The summed E-state index contributed by atoms with van der Waals surface area (Å²) in [6, 6.07) is 0. The molecule has 0 saturated heterocycles. The number of thioether (sulfide) groups is 1. The molecule has 0 aliphatic carbocycles. The van der Waals surface area contributed by atoms with Crippen LogP contribution in [-0.4, -0.2) is 13.8 Å². The quantitative estimate of drug-likeness (QED) is 0.465. The maximum Gasteiger partial charge on any atom is 0.0693 e. The van der Waals surface area contributed by atoms with Gasteiger partial charge in [0.05, 0.1) is 8.07 Å². The summed E-state index contributed by atoms with van der Waals surface area (Å²) in [4.78, 5) is 0. The molecule has 0 aromatic rings. The monoisotopic (exact) mass is 188 g/mol. The van der Waals surface area contributed by atoms with Gasteiger partial charge in [0.1, 0.15) is 0 Å². The van der Waals surface area contributed by atoms with Crippen molar-refractivity contribution in [3.8, 4) is 0 Å². The zero-order chi connectivity index (χ0) is 8.74. The zero-order valence-corrected chi connectivity index (χ0v) is 10.0. The topological polar surface area (TPSA) is 0 Å². The van der Waals surface area contributed by atoms with Crippen molar-refractivity contribution in [2.75, 3.05) is 5.75 Å². The minimum Gasteiger partial charge on any atom is -0.135 e. The van der Waals surface area contributed by atoms with E-state index in [1.54, 1.807) is 0 Å². The molecular formula is C9H20SSi. The molecule has 11 heavy (non-hydrogen) atoms. The van der Waals surface area contributed by atoms with Crippen molar-refractivity contribution in [3.63, 3.8) is 0 Å². The van der Waals surface area contributed by atoms with E-state index < -0.39 is 8.07 Å².